The van der Waals surface area contributed by atoms with Gasteiger partial charge in [0.05, 0.1) is 6.10 Å². The zero-order chi connectivity index (χ0) is 11.6. The molecule has 1 rings (SSSR count). The molecule has 1 aliphatic rings. The Balaban J connectivity index is 1.90. The second kappa shape index (κ2) is 8.97. The third kappa shape index (κ3) is 5.28. The van der Waals surface area contributed by atoms with Gasteiger partial charge in [0.15, 0.2) is 0 Å². The topological polar surface area (TPSA) is 41.5 Å². The van der Waals surface area contributed by atoms with Gasteiger partial charge in [0.25, 0.3) is 0 Å². The quantitative estimate of drug-likeness (QED) is 0.594. The van der Waals surface area contributed by atoms with Crippen LogP contribution in [0.4, 0.5) is 0 Å². The summed E-state index contributed by atoms with van der Waals surface area (Å²) in [6, 6.07) is 0. The number of aliphatic hydroxyl groups is 1. The molecule has 0 saturated carbocycles. The highest BCUT2D eigenvalue weighted by Crippen LogP contribution is 2.22. The largest absolute Gasteiger partial charge is 0.396 e. The summed E-state index contributed by atoms with van der Waals surface area (Å²) in [6.45, 7) is 5.71. The van der Waals surface area contributed by atoms with Crippen molar-refractivity contribution in [3.8, 4) is 0 Å². The van der Waals surface area contributed by atoms with E-state index in [4.69, 9.17) is 9.84 Å². The van der Waals surface area contributed by atoms with Gasteiger partial charge in [0, 0.05) is 19.8 Å². The maximum atomic E-state index is 8.64. The first kappa shape index (κ1) is 13.9. The van der Waals surface area contributed by atoms with Crippen LogP contribution in [0.2, 0.25) is 0 Å². The Hall–Kier alpha value is -0.120. The van der Waals surface area contributed by atoms with Crippen LogP contribution in [-0.2, 0) is 4.74 Å². The molecular weight excluding hydrogens is 202 g/mol. The second-order valence-corrected chi connectivity index (χ2v) is 4.71. The van der Waals surface area contributed by atoms with Crippen molar-refractivity contribution in [2.24, 2.45) is 5.92 Å². The molecule has 3 heteroatoms. The van der Waals surface area contributed by atoms with Gasteiger partial charge in [-0.05, 0) is 38.1 Å². The molecule has 1 aliphatic heterocycles. The zero-order valence-corrected chi connectivity index (χ0v) is 10.6. The first-order valence-corrected chi connectivity index (χ1v) is 6.81. The van der Waals surface area contributed by atoms with Crippen molar-refractivity contribution >= 4 is 0 Å². The molecule has 2 unspecified atom stereocenters. The number of rotatable bonds is 9. The molecule has 1 heterocycles. The Kier molecular flexibility index (Phi) is 7.81. The molecular formula is C13H27NO2. The van der Waals surface area contributed by atoms with Gasteiger partial charge in [-0.3, -0.25) is 0 Å². The summed E-state index contributed by atoms with van der Waals surface area (Å²) in [7, 11) is 0. The Labute approximate surface area is 99.6 Å². The van der Waals surface area contributed by atoms with Crippen molar-refractivity contribution in [1.82, 2.24) is 5.32 Å². The summed E-state index contributed by atoms with van der Waals surface area (Å²) in [5.74, 6) is 0.724. The Bertz CT molecular complexity index is 164. The van der Waals surface area contributed by atoms with E-state index in [0.29, 0.717) is 12.7 Å². The van der Waals surface area contributed by atoms with E-state index in [-0.39, 0.29) is 0 Å². The zero-order valence-electron chi connectivity index (χ0n) is 10.6. The van der Waals surface area contributed by atoms with Gasteiger partial charge in [0.1, 0.15) is 0 Å². The average Bonchev–Trinajstić information content (AvgIpc) is 2.75. The normalized spacial score (nSPS) is 25.1. The molecule has 0 aromatic rings. The number of hydrogen-bond acceptors (Lipinski definition) is 3. The van der Waals surface area contributed by atoms with Crippen LogP contribution in [0.1, 0.15) is 45.4 Å². The van der Waals surface area contributed by atoms with Crippen LogP contribution in [0.25, 0.3) is 0 Å². The summed E-state index contributed by atoms with van der Waals surface area (Å²) >= 11 is 0. The summed E-state index contributed by atoms with van der Waals surface area (Å²) in [5, 5.41) is 12.2. The predicted molar refractivity (Wildman–Crippen MR) is 66.6 cm³/mol. The van der Waals surface area contributed by atoms with Gasteiger partial charge < -0.3 is 15.2 Å². The molecule has 0 aromatic carbocycles. The van der Waals surface area contributed by atoms with E-state index in [9.17, 15) is 0 Å². The molecule has 0 aliphatic carbocycles. The maximum Gasteiger partial charge on any atom is 0.0613 e. The first-order chi connectivity index (χ1) is 7.88. The molecule has 0 spiro atoms. The van der Waals surface area contributed by atoms with Crippen LogP contribution in [0.15, 0.2) is 0 Å². The predicted octanol–water partition coefficient (Wildman–Crippen LogP) is 1.94. The fraction of sp³-hybridized carbons (Fsp3) is 1.00. The molecule has 3 nitrogen and oxygen atoms in total. The summed E-state index contributed by atoms with van der Waals surface area (Å²) in [6.07, 6.45) is 7.41. The summed E-state index contributed by atoms with van der Waals surface area (Å²) in [4.78, 5) is 0. The minimum absolute atomic E-state index is 0.338. The smallest absolute Gasteiger partial charge is 0.0613 e. The monoisotopic (exact) mass is 229 g/mol. The molecule has 0 radical (unpaired) electrons. The highest BCUT2D eigenvalue weighted by Gasteiger charge is 2.25. The Morgan fingerprint density at radius 2 is 2.06 bits per heavy atom. The van der Waals surface area contributed by atoms with E-state index in [1.165, 1.54) is 19.3 Å². The molecule has 0 aromatic heterocycles. The minimum atomic E-state index is 0.338. The van der Waals surface area contributed by atoms with Gasteiger partial charge >= 0.3 is 0 Å². The average molecular weight is 229 g/mol. The van der Waals surface area contributed by atoms with Crippen molar-refractivity contribution in [3.05, 3.63) is 0 Å². The van der Waals surface area contributed by atoms with Gasteiger partial charge in [-0.15, -0.1) is 0 Å². The van der Waals surface area contributed by atoms with E-state index in [1.807, 2.05) is 0 Å². The lowest BCUT2D eigenvalue weighted by Crippen LogP contribution is -2.28. The third-order valence-electron chi connectivity index (χ3n) is 3.42. The number of unbranched alkanes of at least 4 members (excludes halogenated alkanes) is 3. The van der Waals surface area contributed by atoms with Gasteiger partial charge in [0.2, 0.25) is 0 Å². The van der Waals surface area contributed by atoms with Crippen molar-refractivity contribution in [1.29, 1.82) is 0 Å². The molecule has 1 fully saturated rings. The van der Waals surface area contributed by atoms with Crippen molar-refractivity contribution < 1.29 is 9.84 Å². The van der Waals surface area contributed by atoms with E-state index in [2.05, 4.69) is 12.2 Å². The highest BCUT2D eigenvalue weighted by atomic mass is 16.5. The van der Waals surface area contributed by atoms with Crippen molar-refractivity contribution in [2.45, 2.75) is 51.6 Å². The lowest BCUT2D eigenvalue weighted by molar-refractivity contribution is 0.0873. The Morgan fingerprint density at radius 1 is 1.25 bits per heavy atom. The van der Waals surface area contributed by atoms with Gasteiger partial charge in [-0.1, -0.05) is 19.8 Å². The first-order valence-electron chi connectivity index (χ1n) is 6.81. The van der Waals surface area contributed by atoms with Crippen LogP contribution in [0.3, 0.4) is 0 Å². The molecule has 0 bridgehead atoms. The summed E-state index contributed by atoms with van der Waals surface area (Å²) < 4.78 is 5.66. The number of nitrogens with one attached hydrogen (secondary N) is 1. The fourth-order valence-corrected chi connectivity index (χ4v) is 2.38. The molecule has 0 amide bonds. The SMILES string of the molecule is CCC1OCCC1CNCCCCCCO. The molecule has 2 atom stereocenters. The second-order valence-electron chi connectivity index (χ2n) is 4.71. The number of aliphatic hydroxyl groups excluding tert-OH is 1. The molecule has 16 heavy (non-hydrogen) atoms. The number of hydrogen-bond donors (Lipinski definition) is 2. The summed E-state index contributed by atoms with van der Waals surface area (Å²) in [5.41, 5.74) is 0. The Morgan fingerprint density at radius 3 is 2.81 bits per heavy atom. The number of ether oxygens (including phenoxy) is 1. The van der Waals surface area contributed by atoms with Crippen LogP contribution in [0.5, 0.6) is 0 Å². The van der Waals surface area contributed by atoms with E-state index in [1.54, 1.807) is 0 Å². The lowest BCUT2D eigenvalue weighted by atomic mass is 10.00. The van der Waals surface area contributed by atoms with Crippen LogP contribution < -0.4 is 5.32 Å². The van der Waals surface area contributed by atoms with Crippen LogP contribution in [0, 0.1) is 5.92 Å². The van der Waals surface area contributed by atoms with E-state index < -0.39 is 0 Å². The highest BCUT2D eigenvalue weighted by molar-refractivity contribution is 4.76. The van der Waals surface area contributed by atoms with Gasteiger partial charge in [-0.25, -0.2) is 0 Å². The van der Waals surface area contributed by atoms with E-state index >= 15 is 0 Å². The van der Waals surface area contributed by atoms with Crippen molar-refractivity contribution in [2.75, 3.05) is 26.3 Å². The van der Waals surface area contributed by atoms with Crippen LogP contribution >= 0.6 is 0 Å². The lowest BCUT2D eigenvalue weighted by Gasteiger charge is -2.17. The molecule has 96 valence electrons. The minimum Gasteiger partial charge on any atom is -0.396 e. The van der Waals surface area contributed by atoms with Crippen LogP contribution in [-0.4, -0.2) is 37.5 Å². The maximum absolute atomic E-state index is 8.64. The van der Waals surface area contributed by atoms with Gasteiger partial charge in [-0.2, -0.15) is 0 Å². The van der Waals surface area contributed by atoms with E-state index in [0.717, 1.165) is 44.9 Å². The van der Waals surface area contributed by atoms with Crippen molar-refractivity contribution in [3.63, 3.8) is 0 Å². The third-order valence-corrected chi connectivity index (χ3v) is 3.42. The molecule has 2 N–H and O–H groups in total. The standard InChI is InChI=1S/C13H27NO2/c1-2-13-12(7-10-16-13)11-14-8-5-3-4-6-9-15/h12-15H,2-11H2,1H3. The molecule has 1 saturated heterocycles. The fourth-order valence-electron chi connectivity index (χ4n) is 2.38.